The van der Waals surface area contributed by atoms with Gasteiger partial charge >= 0.3 is 0 Å². The predicted octanol–water partition coefficient (Wildman–Crippen LogP) is 1.90. The van der Waals surface area contributed by atoms with Crippen LogP contribution in [0.1, 0.15) is 26.7 Å². The fourth-order valence-electron chi connectivity index (χ4n) is 1.60. The summed E-state index contributed by atoms with van der Waals surface area (Å²) in [4.78, 5) is 0. The van der Waals surface area contributed by atoms with Crippen molar-refractivity contribution >= 4 is 11.8 Å². The van der Waals surface area contributed by atoms with Crippen LogP contribution in [0.3, 0.4) is 0 Å². The molecule has 1 saturated heterocycles. The smallest absolute Gasteiger partial charge is 0.0667 e. The number of hydrogen-bond donors (Lipinski definition) is 1. The Balaban J connectivity index is 2.11. The monoisotopic (exact) mass is 203 g/mol. The first-order valence-electron chi connectivity index (χ1n) is 5.04. The Morgan fingerprint density at radius 1 is 1.62 bits per heavy atom. The van der Waals surface area contributed by atoms with E-state index in [1.54, 1.807) is 7.11 Å². The quantitative estimate of drug-likeness (QED) is 0.737. The zero-order valence-electron chi connectivity index (χ0n) is 8.93. The van der Waals surface area contributed by atoms with Crippen molar-refractivity contribution in [3.63, 3.8) is 0 Å². The molecule has 0 saturated carbocycles. The largest absolute Gasteiger partial charge is 0.380 e. The fourth-order valence-corrected chi connectivity index (χ4v) is 2.87. The summed E-state index contributed by atoms with van der Waals surface area (Å²) < 4.78 is 5.66. The van der Waals surface area contributed by atoms with E-state index < -0.39 is 0 Å². The Kier molecular flexibility index (Phi) is 4.56. The van der Waals surface area contributed by atoms with Crippen molar-refractivity contribution in [1.82, 2.24) is 5.32 Å². The summed E-state index contributed by atoms with van der Waals surface area (Å²) in [7, 11) is 1.76. The standard InChI is InChI=1S/C10H21NOS/c1-9(12-3)7-11-8-10(2)5-4-6-13-10/h9,11H,4-8H2,1-3H3. The molecule has 3 heteroatoms. The molecule has 0 radical (unpaired) electrons. The van der Waals surface area contributed by atoms with Crippen LogP contribution in [0.4, 0.5) is 0 Å². The van der Waals surface area contributed by atoms with Gasteiger partial charge in [0, 0.05) is 24.9 Å². The van der Waals surface area contributed by atoms with E-state index in [9.17, 15) is 0 Å². The van der Waals surface area contributed by atoms with Gasteiger partial charge in [0.1, 0.15) is 0 Å². The molecule has 1 aliphatic heterocycles. The summed E-state index contributed by atoms with van der Waals surface area (Å²) >= 11 is 2.10. The highest BCUT2D eigenvalue weighted by Crippen LogP contribution is 2.36. The number of methoxy groups -OCH3 is 1. The molecule has 0 aliphatic carbocycles. The van der Waals surface area contributed by atoms with Gasteiger partial charge in [-0.2, -0.15) is 11.8 Å². The van der Waals surface area contributed by atoms with Gasteiger partial charge in [0.05, 0.1) is 6.10 Å². The van der Waals surface area contributed by atoms with E-state index in [1.165, 1.54) is 18.6 Å². The molecular weight excluding hydrogens is 182 g/mol. The number of thioether (sulfide) groups is 1. The number of nitrogens with one attached hydrogen (secondary N) is 1. The first-order chi connectivity index (χ1) is 6.16. The van der Waals surface area contributed by atoms with E-state index in [2.05, 4.69) is 30.9 Å². The lowest BCUT2D eigenvalue weighted by atomic mass is 10.1. The minimum Gasteiger partial charge on any atom is -0.380 e. The molecule has 0 amide bonds. The maximum Gasteiger partial charge on any atom is 0.0667 e. The van der Waals surface area contributed by atoms with Crippen LogP contribution < -0.4 is 5.32 Å². The van der Waals surface area contributed by atoms with Crippen molar-refractivity contribution in [3.05, 3.63) is 0 Å². The maximum absolute atomic E-state index is 5.18. The molecule has 2 nitrogen and oxygen atoms in total. The first-order valence-corrected chi connectivity index (χ1v) is 6.02. The molecule has 1 heterocycles. The van der Waals surface area contributed by atoms with Crippen molar-refractivity contribution in [1.29, 1.82) is 0 Å². The van der Waals surface area contributed by atoms with Gasteiger partial charge in [0.25, 0.3) is 0 Å². The highest BCUT2D eigenvalue weighted by atomic mass is 32.2. The molecule has 1 rings (SSSR count). The highest BCUT2D eigenvalue weighted by Gasteiger charge is 2.28. The average Bonchev–Trinajstić information content (AvgIpc) is 2.52. The number of hydrogen-bond acceptors (Lipinski definition) is 3. The molecule has 0 aromatic rings. The maximum atomic E-state index is 5.18. The van der Waals surface area contributed by atoms with Gasteiger partial charge in [0.2, 0.25) is 0 Å². The van der Waals surface area contributed by atoms with E-state index in [1.807, 2.05) is 0 Å². The van der Waals surface area contributed by atoms with Gasteiger partial charge in [-0.1, -0.05) is 0 Å². The molecule has 1 aliphatic rings. The van der Waals surface area contributed by atoms with Gasteiger partial charge in [-0.25, -0.2) is 0 Å². The Bertz CT molecular complexity index is 146. The van der Waals surface area contributed by atoms with E-state index in [-0.39, 0.29) is 0 Å². The zero-order valence-corrected chi connectivity index (χ0v) is 9.75. The molecule has 1 N–H and O–H groups in total. The molecule has 2 atom stereocenters. The van der Waals surface area contributed by atoms with Gasteiger partial charge < -0.3 is 10.1 Å². The van der Waals surface area contributed by atoms with Gasteiger partial charge in [-0.15, -0.1) is 0 Å². The van der Waals surface area contributed by atoms with Gasteiger partial charge in [0.15, 0.2) is 0 Å². The Morgan fingerprint density at radius 3 is 2.92 bits per heavy atom. The molecule has 78 valence electrons. The summed E-state index contributed by atoms with van der Waals surface area (Å²) in [6.45, 7) is 6.53. The normalized spacial score (nSPS) is 30.7. The van der Waals surface area contributed by atoms with Gasteiger partial charge in [-0.3, -0.25) is 0 Å². The predicted molar refractivity (Wildman–Crippen MR) is 59.4 cm³/mol. The van der Waals surface area contributed by atoms with E-state index in [0.717, 1.165) is 13.1 Å². The number of ether oxygens (including phenoxy) is 1. The molecule has 0 spiro atoms. The fraction of sp³-hybridized carbons (Fsp3) is 1.00. The van der Waals surface area contributed by atoms with E-state index in [0.29, 0.717) is 10.9 Å². The molecule has 0 bridgehead atoms. The van der Waals surface area contributed by atoms with Gasteiger partial charge in [-0.05, 0) is 32.4 Å². The van der Waals surface area contributed by atoms with Crippen LogP contribution in [-0.2, 0) is 4.74 Å². The molecule has 13 heavy (non-hydrogen) atoms. The Morgan fingerprint density at radius 2 is 2.38 bits per heavy atom. The van der Waals surface area contributed by atoms with Crippen LogP contribution >= 0.6 is 11.8 Å². The third-order valence-electron chi connectivity index (χ3n) is 2.63. The Hall–Kier alpha value is 0.270. The third kappa shape index (κ3) is 3.88. The SMILES string of the molecule is COC(C)CNCC1(C)CCCS1. The van der Waals surface area contributed by atoms with E-state index in [4.69, 9.17) is 4.74 Å². The van der Waals surface area contributed by atoms with Crippen LogP contribution in [0.15, 0.2) is 0 Å². The lowest BCUT2D eigenvalue weighted by Crippen LogP contribution is -2.36. The summed E-state index contributed by atoms with van der Waals surface area (Å²) in [6.07, 6.45) is 3.06. The average molecular weight is 203 g/mol. The summed E-state index contributed by atoms with van der Waals surface area (Å²) in [5, 5.41) is 3.47. The van der Waals surface area contributed by atoms with Crippen LogP contribution in [-0.4, -0.2) is 36.8 Å². The van der Waals surface area contributed by atoms with Crippen molar-refractivity contribution in [2.75, 3.05) is 26.0 Å². The number of rotatable bonds is 5. The van der Waals surface area contributed by atoms with Crippen LogP contribution in [0.5, 0.6) is 0 Å². The van der Waals surface area contributed by atoms with Crippen molar-refractivity contribution in [3.8, 4) is 0 Å². The Labute approximate surface area is 85.8 Å². The molecule has 2 unspecified atom stereocenters. The summed E-state index contributed by atoms with van der Waals surface area (Å²) in [6, 6.07) is 0. The topological polar surface area (TPSA) is 21.3 Å². The minimum atomic E-state index is 0.329. The molecule has 0 aromatic heterocycles. The first kappa shape index (κ1) is 11.3. The molecule has 0 aromatic carbocycles. The second-order valence-corrected chi connectivity index (χ2v) is 5.76. The zero-order chi connectivity index (χ0) is 9.73. The molecule has 1 fully saturated rings. The summed E-state index contributed by atoms with van der Waals surface area (Å²) in [5.74, 6) is 1.33. The highest BCUT2D eigenvalue weighted by molar-refractivity contribution is 8.00. The second kappa shape index (κ2) is 5.23. The van der Waals surface area contributed by atoms with Crippen molar-refractivity contribution in [2.45, 2.75) is 37.5 Å². The van der Waals surface area contributed by atoms with Crippen LogP contribution in [0.25, 0.3) is 0 Å². The lowest BCUT2D eigenvalue weighted by molar-refractivity contribution is 0.117. The minimum absolute atomic E-state index is 0.329. The van der Waals surface area contributed by atoms with Crippen LogP contribution in [0.2, 0.25) is 0 Å². The van der Waals surface area contributed by atoms with Crippen molar-refractivity contribution < 1.29 is 4.74 Å². The van der Waals surface area contributed by atoms with Crippen LogP contribution in [0, 0.1) is 0 Å². The second-order valence-electron chi connectivity index (χ2n) is 4.08. The van der Waals surface area contributed by atoms with Crippen molar-refractivity contribution in [2.24, 2.45) is 0 Å². The third-order valence-corrected chi connectivity index (χ3v) is 4.17. The van der Waals surface area contributed by atoms with E-state index >= 15 is 0 Å². The lowest BCUT2D eigenvalue weighted by Gasteiger charge is -2.23. The molecular formula is C10H21NOS. The summed E-state index contributed by atoms with van der Waals surface area (Å²) in [5.41, 5.74) is 0.